The summed E-state index contributed by atoms with van der Waals surface area (Å²) >= 11 is 1.35. The van der Waals surface area contributed by atoms with Gasteiger partial charge in [-0.1, -0.05) is 19.9 Å². The molecule has 0 saturated carbocycles. The molecule has 0 atom stereocenters. The highest BCUT2D eigenvalue weighted by molar-refractivity contribution is 7.21. The third-order valence-corrected chi connectivity index (χ3v) is 4.04. The fourth-order valence-electron chi connectivity index (χ4n) is 1.85. The Morgan fingerprint density at radius 1 is 1.44 bits per heavy atom. The molecule has 0 aliphatic rings. The summed E-state index contributed by atoms with van der Waals surface area (Å²) < 4.78 is 14.5. The molecule has 4 heteroatoms. The Balaban J connectivity index is 2.37. The normalized spacial score (nSPS) is 11.2. The van der Waals surface area contributed by atoms with Crippen molar-refractivity contribution in [3.63, 3.8) is 0 Å². The van der Waals surface area contributed by atoms with Crippen molar-refractivity contribution in [2.24, 2.45) is 5.92 Å². The molecule has 2 rings (SSSR count). The van der Waals surface area contributed by atoms with Gasteiger partial charge in [-0.05, 0) is 30.5 Å². The Kier molecular flexibility index (Phi) is 3.66. The Morgan fingerprint density at radius 2 is 2.17 bits per heavy atom. The predicted molar refractivity (Wildman–Crippen MR) is 73.7 cm³/mol. The zero-order chi connectivity index (χ0) is 13.3. The van der Waals surface area contributed by atoms with Crippen molar-refractivity contribution in [3.8, 4) is 0 Å². The van der Waals surface area contributed by atoms with Gasteiger partial charge >= 0.3 is 0 Å². The molecular formula is C14H16FNOS. The lowest BCUT2D eigenvalue weighted by Crippen LogP contribution is -2.27. The number of halogens is 1. The van der Waals surface area contributed by atoms with E-state index >= 15 is 0 Å². The second kappa shape index (κ2) is 5.06. The molecule has 0 unspecified atom stereocenters. The number of carbonyl (C=O) groups excluding carboxylic acids is 1. The van der Waals surface area contributed by atoms with E-state index in [2.05, 4.69) is 5.32 Å². The van der Waals surface area contributed by atoms with Crippen LogP contribution in [-0.4, -0.2) is 12.5 Å². The summed E-state index contributed by atoms with van der Waals surface area (Å²) in [6, 6.07) is 4.94. The molecule has 0 fully saturated rings. The number of rotatable bonds is 3. The highest BCUT2D eigenvalue weighted by atomic mass is 32.1. The number of benzene rings is 1. The van der Waals surface area contributed by atoms with Crippen LogP contribution in [0.15, 0.2) is 18.2 Å². The van der Waals surface area contributed by atoms with Crippen LogP contribution in [0.25, 0.3) is 10.1 Å². The minimum atomic E-state index is -0.260. The number of amides is 1. The first-order valence-corrected chi connectivity index (χ1v) is 6.78. The number of nitrogens with one attached hydrogen (secondary N) is 1. The second-order valence-corrected chi connectivity index (χ2v) is 5.83. The molecule has 0 saturated heterocycles. The van der Waals surface area contributed by atoms with E-state index in [9.17, 15) is 9.18 Å². The monoisotopic (exact) mass is 265 g/mol. The summed E-state index contributed by atoms with van der Waals surface area (Å²) in [6.07, 6.45) is 0. The zero-order valence-corrected chi connectivity index (χ0v) is 11.5. The Labute approximate surface area is 110 Å². The molecule has 2 nitrogen and oxygen atoms in total. The van der Waals surface area contributed by atoms with E-state index in [1.165, 1.54) is 17.4 Å². The first kappa shape index (κ1) is 13.0. The van der Waals surface area contributed by atoms with Crippen LogP contribution in [0.5, 0.6) is 0 Å². The van der Waals surface area contributed by atoms with Gasteiger partial charge in [-0.15, -0.1) is 11.3 Å². The average Bonchev–Trinajstić information content (AvgIpc) is 2.65. The molecule has 1 amide bonds. The Bertz CT molecular complexity index is 589. The molecule has 18 heavy (non-hydrogen) atoms. The van der Waals surface area contributed by atoms with Crippen molar-refractivity contribution in [1.29, 1.82) is 0 Å². The van der Waals surface area contributed by atoms with Gasteiger partial charge in [0.1, 0.15) is 5.82 Å². The van der Waals surface area contributed by atoms with Gasteiger partial charge in [0.2, 0.25) is 0 Å². The average molecular weight is 265 g/mol. The van der Waals surface area contributed by atoms with Crippen molar-refractivity contribution in [2.45, 2.75) is 20.8 Å². The van der Waals surface area contributed by atoms with Gasteiger partial charge < -0.3 is 5.32 Å². The second-order valence-electron chi connectivity index (χ2n) is 4.77. The molecule has 0 aliphatic carbocycles. The summed E-state index contributed by atoms with van der Waals surface area (Å²) in [5.74, 6) is 0.0336. The number of carbonyl (C=O) groups is 1. The van der Waals surface area contributed by atoms with Crippen molar-refractivity contribution in [1.82, 2.24) is 5.32 Å². The largest absolute Gasteiger partial charge is 0.351 e. The SMILES string of the molecule is Cc1c(C(=O)NCC(C)C)sc2cccc(F)c12. The fourth-order valence-corrected chi connectivity index (χ4v) is 2.99. The number of fused-ring (bicyclic) bond motifs is 1. The first-order valence-electron chi connectivity index (χ1n) is 5.96. The van der Waals surface area contributed by atoms with E-state index in [0.29, 0.717) is 22.7 Å². The number of hydrogen-bond acceptors (Lipinski definition) is 2. The molecule has 1 heterocycles. The lowest BCUT2D eigenvalue weighted by molar-refractivity contribution is 0.0952. The Morgan fingerprint density at radius 3 is 2.78 bits per heavy atom. The van der Waals surface area contributed by atoms with E-state index < -0.39 is 0 Å². The molecule has 0 radical (unpaired) electrons. The number of hydrogen-bond donors (Lipinski definition) is 1. The lowest BCUT2D eigenvalue weighted by Gasteiger charge is -2.06. The molecule has 1 aromatic heterocycles. The smallest absolute Gasteiger partial charge is 0.261 e. The van der Waals surface area contributed by atoms with E-state index in [1.54, 1.807) is 13.0 Å². The van der Waals surface area contributed by atoms with Crippen LogP contribution in [0.4, 0.5) is 4.39 Å². The third-order valence-electron chi connectivity index (χ3n) is 2.78. The number of thiophene rings is 1. The highest BCUT2D eigenvalue weighted by Crippen LogP contribution is 2.32. The maximum atomic E-state index is 13.7. The Hall–Kier alpha value is -1.42. The van der Waals surface area contributed by atoms with Gasteiger partial charge in [0.05, 0.1) is 4.88 Å². The summed E-state index contributed by atoms with van der Waals surface area (Å²) in [5.41, 5.74) is 0.731. The van der Waals surface area contributed by atoms with E-state index in [0.717, 1.165) is 10.3 Å². The van der Waals surface area contributed by atoms with Crippen molar-refractivity contribution in [2.75, 3.05) is 6.54 Å². The lowest BCUT2D eigenvalue weighted by atomic mass is 10.1. The maximum Gasteiger partial charge on any atom is 0.261 e. The van der Waals surface area contributed by atoms with Crippen LogP contribution >= 0.6 is 11.3 Å². The minimum Gasteiger partial charge on any atom is -0.351 e. The molecule has 1 aromatic carbocycles. The molecular weight excluding hydrogens is 249 g/mol. The van der Waals surface area contributed by atoms with Crippen LogP contribution in [0.1, 0.15) is 29.1 Å². The molecule has 0 spiro atoms. The van der Waals surface area contributed by atoms with Gasteiger partial charge in [0.15, 0.2) is 0 Å². The molecule has 0 aliphatic heterocycles. The summed E-state index contributed by atoms with van der Waals surface area (Å²) in [7, 11) is 0. The van der Waals surface area contributed by atoms with E-state index in [4.69, 9.17) is 0 Å². The maximum absolute atomic E-state index is 13.7. The molecule has 1 N–H and O–H groups in total. The van der Waals surface area contributed by atoms with Crippen LogP contribution in [0.3, 0.4) is 0 Å². The van der Waals surface area contributed by atoms with Crippen molar-refractivity contribution in [3.05, 3.63) is 34.5 Å². The van der Waals surface area contributed by atoms with Crippen molar-refractivity contribution >= 4 is 27.3 Å². The molecule has 0 bridgehead atoms. The topological polar surface area (TPSA) is 29.1 Å². The highest BCUT2D eigenvalue weighted by Gasteiger charge is 2.17. The van der Waals surface area contributed by atoms with Gasteiger partial charge in [-0.2, -0.15) is 0 Å². The van der Waals surface area contributed by atoms with Crippen LogP contribution in [0, 0.1) is 18.7 Å². The van der Waals surface area contributed by atoms with Crippen molar-refractivity contribution < 1.29 is 9.18 Å². The summed E-state index contributed by atoms with van der Waals surface area (Å²) in [5, 5.41) is 3.44. The quantitative estimate of drug-likeness (QED) is 0.900. The van der Waals surface area contributed by atoms with Gasteiger partial charge in [-0.25, -0.2) is 4.39 Å². The summed E-state index contributed by atoms with van der Waals surface area (Å²) in [4.78, 5) is 12.6. The zero-order valence-electron chi connectivity index (χ0n) is 10.7. The van der Waals surface area contributed by atoms with Crippen LogP contribution in [0.2, 0.25) is 0 Å². The van der Waals surface area contributed by atoms with Crippen LogP contribution < -0.4 is 5.32 Å². The minimum absolute atomic E-state index is 0.109. The third kappa shape index (κ3) is 2.38. The fraction of sp³-hybridized carbons (Fsp3) is 0.357. The summed E-state index contributed by atoms with van der Waals surface area (Å²) in [6.45, 7) is 6.51. The predicted octanol–water partition coefficient (Wildman–Crippen LogP) is 3.73. The van der Waals surface area contributed by atoms with Crippen LogP contribution in [-0.2, 0) is 0 Å². The van der Waals surface area contributed by atoms with Gasteiger partial charge in [0, 0.05) is 16.6 Å². The first-order chi connectivity index (χ1) is 8.50. The standard InChI is InChI=1S/C14H16FNOS/c1-8(2)7-16-14(17)13-9(3)12-10(15)5-4-6-11(12)18-13/h4-6,8H,7H2,1-3H3,(H,16,17). The van der Waals surface area contributed by atoms with E-state index in [-0.39, 0.29) is 11.7 Å². The molecule has 96 valence electrons. The van der Waals surface area contributed by atoms with Gasteiger partial charge in [0.25, 0.3) is 5.91 Å². The molecule has 2 aromatic rings. The number of aryl methyl sites for hydroxylation is 1. The van der Waals surface area contributed by atoms with E-state index in [1.807, 2.05) is 19.9 Å². The van der Waals surface area contributed by atoms with Gasteiger partial charge in [-0.3, -0.25) is 4.79 Å².